The number of rotatable bonds is 2. The number of halogens is 2. The van der Waals surface area contributed by atoms with Crippen LogP contribution in [0, 0.1) is 24.5 Å². The van der Waals surface area contributed by atoms with Gasteiger partial charge in [-0.15, -0.1) is 0 Å². The molecule has 2 rings (SSSR count). The van der Waals surface area contributed by atoms with Gasteiger partial charge in [0.15, 0.2) is 5.82 Å². The standard InChI is InChI=1S/C13H16F2N2O/c1-8-4-5-10(14)12(11(8)15)17-13(18)9-3-2-6-16-7-9/h4-5,9,16H,2-3,6-7H2,1H3,(H,17,18)/t9-/m1/s1. The number of aryl methyl sites for hydroxylation is 1. The van der Waals surface area contributed by atoms with Gasteiger partial charge < -0.3 is 10.6 Å². The van der Waals surface area contributed by atoms with Gasteiger partial charge in [-0.05, 0) is 37.9 Å². The lowest BCUT2D eigenvalue weighted by Gasteiger charge is -2.22. The molecule has 0 aromatic heterocycles. The Bertz CT molecular complexity index is 457. The molecule has 18 heavy (non-hydrogen) atoms. The number of benzene rings is 1. The SMILES string of the molecule is Cc1ccc(F)c(NC(=O)[C@@H]2CCCNC2)c1F. The van der Waals surface area contributed by atoms with Crippen LogP contribution in [-0.2, 0) is 4.79 Å². The minimum atomic E-state index is -0.741. The van der Waals surface area contributed by atoms with E-state index in [2.05, 4.69) is 10.6 Å². The van der Waals surface area contributed by atoms with Gasteiger partial charge >= 0.3 is 0 Å². The first-order valence-corrected chi connectivity index (χ1v) is 6.06. The average molecular weight is 254 g/mol. The molecule has 2 N–H and O–H groups in total. The highest BCUT2D eigenvalue weighted by atomic mass is 19.1. The lowest BCUT2D eigenvalue weighted by Crippen LogP contribution is -2.37. The van der Waals surface area contributed by atoms with Gasteiger partial charge in [0.2, 0.25) is 5.91 Å². The van der Waals surface area contributed by atoms with E-state index in [-0.39, 0.29) is 17.5 Å². The number of anilines is 1. The predicted octanol–water partition coefficient (Wildman–Crippen LogP) is 2.21. The van der Waals surface area contributed by atoms with E-state index in [4.69, 9.17) is 0 Å². The minimum absolute atomic E-state index is 0.224. The van der Waals surface area contributed by atoms with Crippen molar-refractivity contribution in [1.82, 2.24) is 5.32 Å². The van der Waals surface area contributed by atoms with Crippen molar-refractivity contribution in [3.63, 3.8) is 0 Å². The predicted molar refractivity (Wildman–Crippen MR) is 65.3 cm³/mol. The monoisotopic (exact) mass is 254 g/mol. The number of nitrogens with one attached hydrogen (secondary N) is 2. The summed E-state index contributed by atoms with van der Waals surface area (Å²) < 4.78 is 27.2. The quantitative estimate of drug-likeness (QED) is 0.849. The molecule has 5 heteroatoms. The Labute approximate surface area is 105 Å². The fourth-order valence-corrected chi connectivity index (χ4v) is 2.07. The Morgan fingerprint density at radius 3 is 2.89 bits per heavy atom. The van der Waals surface area contributed by atoms with Crippen LogP contribution in [0.1, 0.15) is 18.4 Å². The van der Waals surface area contributed by atoms with Crippen LogP contribution in [0.5, 0.6) is 0 Å². The van der Waals surface area contributed by atoms with Crippen molar-refractivity contribution < 1.29 is 13.6 Å². The highest BCUT2D eigenvalue weighted by molar-refractivity contribution is 5.93. The Kier molecular flexibility index (Phi) is 3.91. The van der Waals surface area contributed by atoms with Gasteiger partial charge in [0.1, 0.15) is 11.5 Å². The summed E-state index contributed by atoms with van der Waals surface area (Å²) in [5.74, 6) is -1.99. The second kappa shape index (κ2) is 5.44. The number of piperidine rings is 1. The Balaban J connectivity index is 2.13. The molecule has 1 aromatic rings. The summed E-state index contributed by atoms with van der Waals surface area (Å²) in [6.45, 7) is 2.98. The lowest BCUT2D eigenvalue weighted by atomic mass is 9.98. The van der Waals surface area contributed by atoms with Gasteiger partial charge in [-0.2, -0.15) is 0 Å². The summed E-state index contributed by atoms with van der Waals surface area (Å²) in [6, 6.07) is 2.51. The summed E-state index contributed by atoms with van der Waals surface area (Å²) in [4.78, 5) is 11.9. The highest BCUT2D eigenvalue weighted by Crippen LogP contribution is 2.23. The van der Waals surface area contributed by atoms with Crippen molar-refractivity contribution in [2.75, 3.05) is 18.4 Å². The molecule has 0 unspecified atom stereocenters. The topological polar surface area (TPSA) is 41.1 Å². The zero-order valence-corrected chi connectivity index (χ0v) is 10.2. The highest BCUT2D eigenvalue weighted by Gasteiger charge is 2.23. The van der Waals surface area contributed by atoms with Crippen LogP contribution in [0.15, 0.2) is 12.1 Å². The molecule has 1 aliphatic heterocycles. The van der Waals surface area contributed by atoms with E-state index in [1.54, 1.807) is 0 Å². The van der Waals surface area contributed by atoms with E-state index in [0.29, 0.717) is 12.1 Å². The third-order valence-electron chi connectivity index (χ3n) is 3.20. The van der Waals surface area contributed by atoms with E-state index < -0.39 is 11.6 Å². The first-order valence-electron chi connectivity index (χ1n) is 6.06. The molecule has 0 spiro atoms. The fourth-order valence-electron chi connectivity index (χ4n) is 2.07. The molecule has 1 atom stereocenters. The largest absolute Gasteiger partial charge is 0.321 e. The van der Waals surface area contributed by atoms with Gasteiger partial charge in [0.05, 0.1) is 5.92 Å². The molecule has 3 nitrogen and oxygen atoms in total. The van der Waals surface area contributed by atoms with Gasteiger partial charge in [-0.25, -0.2) is 8.78 Å². The normalized spacial score (nSPS) is 19.6. The summed E-state index contributed by atoms with van der Waals surface area (Å²) in [6.07, 6.45) is 1.64. The average Bonchev–Trinajstić information content (AvgIpc) is 2.40. The van der Waals surface area contributed by atoms with Gasteiger partial charge in [0.25, 0.3) is 0 Å². The fraction of sp³-hybridized carbons (Fsp3) is 0.462. The molecular weight excluding hydrogens is 238 g/mol. The first-order chi connectivity index (χ1) is 8.59. The van der Waals surface area contributed by atoms with Gasteiger partial charge in [0, 0.05) is 6.54 Å². The van der Waals surface area contributed by atoms with Crippen LogP contribution in [0.2, 0.25) is 0 Å². The van der Waals surface area contributed by atoms with Crippen LogP contribution in [0.3, 0.4) is 0 Å². The summed E-state index contributed by atoms with van der Waals surface area (Å²) in [7, 11) is 0. The second-order valence-corrected chi connectivity index (χ2v) is 4.59. The molecule has 1 heterocycles. The second-order valence-electron chi connectivity index (χ2n) is 4.59. The number of hydrogen-bond acceptors (Lipinski definition) is 2. The maximum atomic E-state index is 13.7. The number of amides is 1. The molecule has 1 aliphatic rings. The van der Waals surface area contributed by atoms with Crippen molar-refractivity contribution in [2.24, 2.45) is 5.92 Å². The van der Waals surface area contributed by atoms with Crippen LogP contribution in [0.4, 0.5) is 14.5 Å². The molecule has 1 saturated heterocycles. The Hall–Kier alpha value is -1.49. The third kappa shape index (κ3) is 2.67. The summed E-state index contributed by atoms with van der Waals surface area (Å²) in [5.41, 5.74) is -0.0287. The van der Waals surface area contributed by atoms with Crippen LogP contribution in [-0.4, -0.2) is 19.0 Å². The Morgan fingerprint density at radius 2 is 2.22 bits per heavy atom. The molecule has 0 radical (unpaired) electrons. The number of hydrogen-bond donors (Lipinski definition) is 2. The smallest absolute Gasteiger partial charge is 0.228 e. The van der Waals surface area contributed by atoms with E-state index in [1.165, 1.54) is 13.0 Å². The van der Waals surface area contributed by atoms with E-state index >= 15 is 0 Å². The summed E-state index contributed by atoms with van der Waals surface area (Å²) in [5, 5.41) is 5.45. The van der Waals surface area contributed by atoms with E-state index in [1.807, 2.05) is 0 Å². The maximum absolute atomic E-state index is 13.7. The maximum Gasteiger partial charge on any atom is 0.228 e. The van der Waals surface area contributed by atoms with E-state index in [0.717, 1.165) is 25.5 Å². The molecule has 0 bridgehead atoms. The molecule has 0 aliphatic carbocycles. The summed E-state index contributed by atoms with van der Waals surface area (Å²) >= 11 is 0. The van der Waals surface area contributed by atoms with Crippen LogP contribution in [0.25, 0.3) is 0 Å². The molecule has 1 fully saturated rings. The van der Waals surface area contributed by atoms with Gasteiger partial charge in [-0.3, -0.25) is 4.79 Å². The number of carbonyl (C=O) groups excluding carboxylic acids is 1. The zero-order chi connectivity index (χ0) is 13.1. The molecule has 0 saturated carbocycles. The lowest BCUT2D eigenvalue weighted by molar-refractivity contribution is -0.120. The third-order valence-corrected chi connectivity index (χ3v) is 3.20. The van der Waals surface area contributed by atoms with Crippen molar-refractivity contribution in [3.8, 4) is 0 Å². The minimum Gasteiger partial charge on any atom is -0.321 e. The Morgan fingerprint density at radius 1 is 1.44 bits per heavy atom. The molecule has 1 aromatic carbocycles. The molecular formula is C13H16F2N2O. The zero-order valence-electron chi connectivity index (χ0n) is 10.2. The molecule has 98 valence electrons. The van der Waals surface area contributed by atoms with Crippen molar-refractivity contribution in [2.45, 2.75) is 19.8 Å². The van der Waals surface area contributed by atoms with Crippen molar-refractivity contribution in [3.05, 3.63) is 29.3 Å². The van der Waals surface area contributed by atoms with Crippen molar-refractivity contribution in [1.29, 1.82) is 0 Å². The number of carbonyl (C=O) groups is 1. The van der Waals surface area contributed by atoms with Crippen molar-refractivity contribution >= 4 is 11.6 Å². The van der Waals surface area contributed by atoms with Crippen LogP contribution >= 0.6 is 0 Å². The van der Waals surface area contributed by atoms with Gasteiger partial charge in [-0.1, -0.05) is 6.07 Å². The van der Waals surface area contributed by atoms with Crippen LogP contribution < -0.4 is 10.6 Å². The molecule has 1 amide bonds. The van der Waals surface area contributed by atoms with E-state index in [9.17, 15) is 13.6 Å². The first kappa shape index (κ1) is 13.0.